The van der Waals surface area contributed by atoms with Gasteiger partial charge in [-0.2, -0.15) is 0 Å². The highest BCUT2D eigenvalue weighted by atomic mass is 16.4. The van der Waals surface area contributed by atoms with Crippen LogP contribution in [-0.4, -0.2) is 20.6 Å². The number of aryl methyl sites for hydroxylation is 2. The fourth-order valence-electron chi connectivity index (χ4n) is 2.84. The summed E-state index contributed by atoms with van der Waals surface area (Å²) < 4.78 is 6.86. The van der Waals surface area contributed by atoms with Crippen LogP contribution in [0.3, 0.4) is 0 Å². The van der Waals surface area contributed by atoms with E-state index in [1.54, 1.807) is 7.05 Å². The van der Waals surface area contributed by atoms with Crippen molar-refractivity contribution in [2.75, 3.05) is 0 Å². The number of rotatable bonds is 4. The molecule has 6 heteroatoms. The van der Waals surface area contributed by atoms with Gasteiger partial charge in [-0.3, -0.25) is 9.59 Å². The number of oxazole rings is 1. The predicted octanol–water partition coefficient (Wildman–Crippen LogP) is 2.52. The van der Waals surface area contributed by atoms with Crippen LogP contribution in [-0.2, 0) is 18.3 Å². The molecule has 1 aromatic carbocycles. The van der Waals surface area contributed by atoms with E-state index in [0.29, 0.717) is 23.3 Å². The van der Waals surface area contributed by atoms with Crippen LogP contribution in [0.5, 0.6) is 0 Å². The number of benzene rings is 1. The van der Waals surface area contributed by atoms with E-state index in [1.165, 1.54) is 17.2 Å². The summed E-state index contributed by atoms with van der Waals surface area (Å²) in [7, 11) is 1.66. The second-order valence-corrected chi connectivity index (χ2v) is 5.50. The molecule has 0 aliphatic heterocycles. The quantitative estimate of drug-likeness (QED) is 0.800. The van der Waals surface area contributed by atoms with Crippen LogP contribution in [0.1, 0.15) is 17.5 Å². The molecular weight excluding hydrogens is 296 g/mol. The number of hydrogen-bond donors (Lipinski definition) is 1. The molecule has 0 fully saturated rings. The van der Waals surface area contributed by atoms with Gasteiger partial charge in [-0.25, -0.2) is 4.98 Å². The molecule has 1 N–H and O–H groups in total. The molecule has 2 aromatic heterocycles. The van der Waals surface area contributed by atoms with Crippen LogP contribution in [0.2, 0.25) is 0 Å². The molecule has 0 aliphatic rings. The lowest BCUT2D eigenvalue weighted by Crippen LogP contribution is -2.21. The van der Waals surface area contributed by atoms with Gasteiger partial charge in [-0.1, -0.05) is 17.7 Å². The predicted molar refractivity (Wildman–Crippen MR) is 85.4 cm³/mol. The lowest BCUT2D eigenvalue weighted by molar-refractivity contribution is -0.136. The standard InChI is InChI=1S/C17H16N2O4/c1-10-3-4-11-12(5-6-15(20)21)16(14-8-18-9-23-14)19(2)17(22)13(11)7-10/h3-4,7-9H,5-6H2,1-2H3,(H,20,21). The Morgan fingerprint density at radius 2 is 2.13 bits per heavy atom. The van der Waals surface area contributed by atoms with E-state index >= 15 is 0 Å². The van der Waals surface area contributed by atoms with Crippen molar-refractivity contribution in [3.8, 4) is 11.5 Å². The van der Waals surface area contributed by atoms with E-state index in [2.05, 4.69) is 4.98 Å². The number of hydrogen-bond acceptors (Lipinski definition) is 4. The molecule has 0 atom stereocenters. The van der Waals surface area contributed by atoms with E-state index in [0.717, 1.165) is 16.5 Å². The van der Waals surface area contributed by atoms with Gasteiger partial charge >= 0.3 is 5.97 Å². The van der Waals surface area contributed by atoms with Gasteiger partial charge in [0, 0.05) is 18.9 Å². The monoisotopic (exact) mass is 312 g/mol. The second kappa shape index (κ2) is 5.72. The smallest absolute Gasteiger partial charge is 0.303 e. The minimum absolute atomic E-state index is 0.0255. The van der Waals surface area contributed by atoms with E-state index in [4.69, 9.17) is 9.52 Å². The highest BCUT2D eigenvalue weighted by Gasteiger charge is 2.19. The number of aliphatic carboxylic acids is 1. The van der Waals surface area contributed by atoms with Crippen LogP contribution in [0, 0.1) is 6.92 Å². The van der Waals surface area contributed by atoms with Crippen LogP contribution >= 0.6 is 0 Å². The molecular formula is C17H16N2O4. The van der Waals surface area contributed by atoms with Crippen molar-refractivity contribution in [2.24, 2.45) is 7.05 Å². The third-order valence-electron chi connectivity index (χ3n) is 3.91. The largest absolute Gasteiger partial charge is 0.481 e. The molecule has 0 saturated carbocycles. The first-order valence-electron chi connectivity index (χ1n) is 7.22. The Balaban J connectivity index is 2.37. The third kappa shape index (κ3) is 2.63. The molecule has 0 saturated heterocycles. The third-order valence-corrected chi connectivity index (χ3v) is 3.91. The van der Waals surface area contributed by atoms with Gasteiger partial charge in [-0.05, 0) is 30.4 Å². The maximum atomic E-state index is 12.7. The highest BCUT2D eigenvalue weighted by Crippen LogP contribution is 2.29. The van der Waals surface area contributed by atoms with Crippen molar-refractivity contribution in [1.29, 1.82) is 0 Å². The first-order valence-corrected chi connectivity index (χ1v) is 7.22. The fraction of sp³-hybridized carbons (Fsp3) is 0.235. The van der Waals surface area contributed by atoms with Gasteiger partial charge in [0.1, 0.15) is 0 Å². The molecule has 118 valence electrons. The van der Waals surface area contributed by atoms with Gasteiger partial charge in [0.05, 0.1) is 11.9 Å². The zero-order valence-electron chi connectivity index (χ0n) is 12.9. The first kappa shape index (κ1) is 15.0. The van der Waals surface area contributed by atoms with Gasteiger partial charge < -0.3 is 14.1 Å². The average Bonchev–Trinajstić information content (AvgIpc) is 3.03. The van der Waals surface area contributed by atoms with E-state index < -0.39 is 5.97 Å². The second-order valence-electron chi connectivity index (χ2n) is 5.50. The maximum Gasteiger partial charge on any atom is 0.303 e. The lowest BCUT2D eigenvalue weighted by atomic mass is 9.97. The van der Waals surface area contributed by atoms with E-state index in [1.807, 2.05) is 25.1 Å². The van der Waals surface area contributed by atoms with Gasteiger partial charge in [0.25, 0.3) is 5.56 Å². The molecule has 0 unspecified atom stereocenters. The van der Waals surface area contributed by atoms with Crippen molar-refractivity contribution in [3.63, 3.8) is 0 Å². The van der Waals surface area contributed by atoms with E-state index in [-0.39, 0.29) is 12.0 Å². The zero-order valence-corrected chi connectivity index (χ0v) is 12.9. The molecule has 0 aliphatic carbocycles. The Morgan fingerprint density at radius 3 is 2.78 bits per heavy atom. The number of aromatic nitrogens is 2. The first-order chi connectivity index (χ1) is 11.0. The Hall–Kier alpha value is -2.89. The molecule has 2 heterocycles. The summed E-state index contributed by atoms with van der Waals surface area (Å²) >= 11 is 0. The molecule has 3 aromatic rings. The van der Waals surface area contributed by atoms with Gasteiger partial charge in [0.15, 0.2) is 12.2 Å². The Morgan fingerprint density at radius 1 is 1.35 bits per heavy atom. The number of carboxylic acid groups (broad SMARTS) is 1. The molecule has 0 spiro atoms. The average molecular weight is 312 g/mol. The summed E-state index contributed by atoms with van der Waals surface area (Å²) in [5.74, 6) is -0.435. The van der Waals surface area contributed by atoms with Crippen molar-refractivity contribution in [1.82, 2.24) is 9.55 Å². The van der Waals surface area contributed by atoms with Gasteiger partial charge in [-0.15, -0.1) is 0 Å². The number of fused-ring (bicyclic) bond motifs is 1. The Bertz CT molecular complexity index is 939. The summed E-state index contributed by atoms with van der Waals surface area (Å²) in [6.07, 6.45) is 3.10. The minimum Gasteiger partial charge on any atom is -0.481 e. The molecule has 6 nitrogen and oxygen atoms in total. The van der Waals surface area contributed by atoms with Crippen LogP contribution in [0.25, 0.3) is 22.2 Å². The number of carboxylic acids is 1. The molecule has 23 heavy (non-hydrogen) atoms. The number of carbonyl (C=O) groups is 1. The molecule has 3 rings (SSSR count). The number of nitrogens with zero attached hydrogens (tertiary/aromatic N) is 2. The zero-order chi connectivity index (χ0) is 16.6. The summed E-state index contributed by atoms with van der Waals surface area (Å²) in [4.78, 5) is 27.6. The highest BCUT2D eigenvalue weighted by molar-refractivity contribution is 5.90. The fourth-order valence-corrected chi connectivity index (χ4v) is 2.84. The normalized spacial score (nSPS) is 11.0. The van der Waals surface area contributed by atoms with Crippen molar-refractivity contribution in [3.05, 3.63) is 52.3 Å². The van der Waals surface area contributed by atoms with Crippen molar-refractivity contribution >= 4 is 16.7 Å². The van der Waals surface area contributed by atoms with Crippen molar-refractivity contribution in [2.45, 2.75) is 19.8 Å². The summed E-state index contributed by atoms with van der Waals surface area (Å²) in [5.41, 5.74) is 2.19. The van der Waals surface area contributed by atoms with Gasteiger partial charge in [0.2, 0.25) is 0 Å². The SMILES string of the molecule is Cc1ccc2c(CCC(=O)O)c(-c3cnco3)n(C)c(=O)c2c1. The summed E-state index contributed by atoms with van der Waals surface area (Å²) in [5, 5.41) is 10.4. The van der Waals surface area contributed by atoms with Crippen LogP contribution < -0.4 is 5.56 Å². The topological polar surface area (TPSA) is 85.3 Å². The lowest BCUT2D eigenvalue weighted by Gasteiger charge is -2.15. The molecule has 0 amide bonds. The minimum atomic E-state index is -0.886. The van der Waals surface area contributed by atoms with E-state index in [9.17, 15) is 9.59 Å². The van der Waals surface area contributed by atoms with Crippen LogP contribution in [0.4, 0.5) is 0 Å². The number of pyridine rings is 1. The summed E-state index contributed by atoms with van der Waals surface area (Å²) in [6.45, 7) is 1.92. The maximum absolute atomic E-state index is 12.7. The molecule has 0 radical (unpaired) electrons. The Kier molecular flexibility index (Phi) is 3.73. The molecule has 0 bridgehead atoms. The Labute approximate surface area is 132 Å². The van der Waals surface area contributed by atoms with Crippen LogP contribution in [0.15, 0.2) is 40.0 Å². The summed E-state index contributed by atoms with van der Waals surface area (Å²) in [6, 6.07) is 5.60. The van der Waals surface area contributed by atoms with Crippen molar-refractivity contribution < 1.29 is 14.3 Å².